The summed E-state index contributed by atoms with van der Waals surface area (Å²) < 4.78 is 1.91. The zero-order chi connectivity index (χ0) is 16.1. The highest BCUT2D eigenvalue weighted by atomic mass is 32.2. The Hall–Kier alpha value is -1.75. The van der Waals surface area contributed by atoms with E-state index in [9.17, 15) is 4.79 Å². The Morgan fingerprint density at radius 2 is 2.00 bits per heavy atom. The van der Waals surface area contributed by atoms with Crippen molar-refractivity contribution in [3.8, 4) is 0 Å². The van der Waals surface area contributed by atoms with Crippen molar-refractivity contribution >= 4 is 23.4 Å². The van der Waals surface area contributed by atoms with Crippen LogP contribution in [0.25, 0.3) is 0 Å². The van der Waals surface area contributed by atoms with Crippen molar-refractivity contribution in [3.05, 3.63) is 42.2 Å². The first-order valence-corrected chi connectivity index (χ1v) is 9.21. The largest absolute Gasteiger partial charge is 0.329 e. The predicted molar refractivity (Wildman–Crippen MR) is 94.8 cm³/mol. The number of nitrogens with one attached hydrogen (secondary N) is 1. The number of carbonyl (C=O) groups excluding carboxylic acids is 1. The third kappa shape index (κ3) is 4.38. The summed E-state index contributed by atoms with van der Waals surface area (Å²) >= 11 is 1.45. The van der Waals surface area contributed by atoms with Crippen LogP contribution in [0.4, 0.5) is 5.69 Å². The average molecular weight is 329 g/mol. The average Bonchev–Trinajstić information content (AvgIpc) is 3.00. The fraction of sp³-hybridized carbons (Fsp3) is 0.444. The first kappa shape index (κ1) is 16.1. The highest BCUT2D eigenvalue weighted by Gasteiger charge is 2.15. The van der Waals surface area contributed by atoms with Crippen LogP contribution >= 0.6 is 11.8 Å². The lowest BCUT2D eigenvalue weighted by Crippen LogP contribution is -2.14. The quantitative estimate of drug-likeness (QED) is 0.836. The van der Waals surface area contributed by atoms with E-state index in [0.717, 1.165) is 10.8 Å². The van der Waals surface area contributed by atoms with Gasteiger partial charge in [-0.05, 0) is 36.5 Å². The van der Waals surface area contributed by atoms with Crippen LogP contribution in [-0.2, 0) is 11.8 Å². The van der Waals surface area contributed by atoms with Crippen LogP contribution in [0.3, 0.4) is 0 Å². The van der Waals surface area contributed by atoms with Gasteiger partial charge in [0, 0.05) is 25.1 Å². The van der Waals surface area contributed by atoms with Gasteiger partial charge in [0.25, 0.3) is 0 Å². The lowest BCUT2D eigenvalue weighted by Gasteiger charge is -2.22. The molecule has 0 spiro atoms. The van der Waals surface area contributed by atoms with Crippen molar-refractivity contribution in [2.75, 3.05) is 11.1 Å². The molecule has 1 amide bonds. The summed E-state index contributed by atoms with van der Waals surface area (Å²) in [6.45, 7) is 0. The molecular formula is C18H23N3OS. The number of amides is 1. The highest BCUT2D eigenvalue weighted by Crippen LogP contribution is 2.32. The number of anilines is 1. The number of aryl methyl sites for hydroxylation is 1. The first-order chi connectivity index (χ1) is 11.2. The Labute approximate surface area is 141 Å². The molecule has 0 aliphatic heterocycles. The Morgan fingerprint density at radius 1 is 1.26 bits per heavy atom. The summed E-state index contributed by atoms with van der Waals surface area (Å²) in [6, 6.07) is 8.37. The van der Waals surface area contributed by atoms with Gasteiger partial charge in [-0.2, -0.15) is 0 Å². The number of imidazole rings is 1. The molecule has 1 aromatic heterocycles. The topological polar surface area (TPSA) is 46.9 Å². The van der Waals surface area contributed by atoms with Crippen LogP contribution in [0.5, 0.6) is 0 Å². The molecule has 1 N–H and O–H groups in total. The van der Waals surface area contributed by atoms with E-state index in [1.807, 2.05) is 29.9 Å². The molecular weight excluding hydrogens is 306 g/mol. The van der Waals surface area contributed by atoms with Crippen LogP contribution in [-0.4, -0.2) is 21.2 Å². The summed E-state index contributed by atoms with van der Waals surface area (Å²) in [6.07, 6.45) is 10.3. The maximum atomic E-state index is 12.0. The summed E-state index contributed by atoms with van der Waals surface area (Å²) in [5, 5.41) is 3.81. The number of hydrogen-bond donors (Lipinski definition) is 1. The number of rotatable bonds is 5. The van der Waals surface area contributed by atoms with Gasteiger partial charge < -0.3 is 9.88 Å². The number of aromatic nitrogens is 2. The van der Waals surface area contributed by atoms with Gasteiger partial charge in [-0.1, -0.05) is 43.2 Å². The second-order valence-electron chi connectivity index (χ2n) is 6.11. The molecule has 1 saturated carbocycles. The first-order valence-electron chi connectivity index (χ1n) is 8.22. The van der Waals surface area contributed by atoms with E-state index in [2.05, 4.69) is 22.4 Å². The molecule has 4 nitrogen and oxygen atoms in total. The molecule has 1 aliphatic rings. The van der Waals surface area contributed by atoms with E-state index in [1.54, 1.807) is 6.20 Å². The monoisotopic (exact) mass is 329 g/mol. The molecule has 0 atom stereocenters. The van der Waals surface area contributed by atoms with Crippen molar-refractivity contribution in [1.29, 1.82) is 0 Å². The van der Waals surface area contributed by atoms with E-state index in [1.165, 1.54) is 49.4 Å². The number of hydrogen-bond acceptors (Lipinski definition) is 3. The van der Waals surface area contributed by atoms with Crippen LogP contribution in [0, 0.1) is 0 Å². The van der Waals surface area contributed by atoms with Gasteiger partial charge in [0.15, 0.2) is 5.16 Å². The highest BCUT2D eigenvalue weighted by molar-refractivity contribution is 7.99. The van der Waals surface area contributed by atoms with Crippen LogP contribution in [0.1, 0.15) is 43.6 Å². The third-order valence-corrected chi connectivity index (χ3v) is 5.44. The van der Waals surface area contributed by atoms with Gasteiger partial charge in [0.2, 0.25) is 5.91 Å². The standard InChI is InChI=1S/C18H23N3OS/c1-21-12-11-19-18(21)23-13-17(22)20-16-9-7-15(8-10-16)14-5-3-2-4-6-14/h7-12,14H,2-6,13H2,1H3,(H,20,22). The molecule has 0 saturated heterocycles. The summed E-state index contributed by atoms with van der Waals surface area (Å²) in [5.74, 6) is 1.07. The van der Waals surface area contributed by atoms with E-state index < -0.39 is 0 Å². The molecule has 1 aromatic carbocycles. The molecule has 122 valence electrons. The van der Waals surface area contributed by atoms with Gasteiger partial charge >= 0.3 is 0 Å². The van der Waals surface area contributed by atoms with Crippen LogP contribution in [0.15, 0.2) is 41.8 Å². The van der Waals surface area contributed by atoms with Gasteiger partial charge in [-0.3, -0.25) is 4.79 Å². The van der Waals surface area contributed by atoms with E-state index in [4.69, 9.17) is 0 Å². The minimum Gasteiger partial charge on any atom is -0.329 e. The Bertz CT molecular complexity index is 645. The van der Waals surface area contributed by atoms with Gasteiger partial charge in [-0.15, -0.1) is 0 Å². The van der Waals surface area contributed by atoms with Crippen molar-refractivity contribution < 1.29 is 4.79 Å². The van der Waals surface area contributed by atoms with Gasteiger partial charge in [0.1, 0.15) is 0 Å². The summed E-state index contributed by atoms with van der Waals surface area (Å²) in [7, 11) is 1.93. The fourth-order valence-corrected chi connectivity index (χ4v) is 3.82. The number of carbonyl (C=O) groups is 1. The molecule has 0 unspecified atom stereocenters. The lowest BCUT2D eigenvalue weighted by molar-refractivity contribution is -0.113. The minimum absolute atomic E-state index is 0.00316. The van der Waals surface area contributed by atoms with E-state index >= 15 is 0 Å². The SMILES string of the molecule is Cn1ccnc1SCC(=O)Nc1ccc(C2CCCCC2)cc1. The predicted octanol–water partition coefficient (Wildman–Crippen LogP) is 4.20. The van der Waals surface area contributed by atoms with Crippen LogP contribution < -0.4 is 5.32 Å². The van der Waals surface area contributed by atoms with E-state index in [0.29, 0.717) is 11.7 Å². The van der Waals surface area contributed by atoms with Gasteiger partial charge in [-0.25, -0.2) is 4.98 Å². The lowest BCUT2D eigenvalue weighted by atomic mass is 9.84. The van der Waals surface area contributed by atoms with Crippen molar-refractivity contribution in [2.24, 2.45) is 7.05 Å². The molecule has 5 heteroatoms. The second-order valence-corrected chi connectivity index (χ2v) is 7.06. The fourth-order valence-electron chi connectivity index (χ4n) is 3.09. The Morgan fingerprint density at radius 3 is 2.65 bits per heavy atom. The zero-order valence-corrected chi connectivity index (χ0v) is 14.3. The summed E-state index contributed by atoms with van der Waals surface area (Å²) in [4.78, 5) is 16.2. The molecule has 1 aliphatic carbocycles. The zero-order valence-electron chi connectivity index (χ0n) is 13.5. The molecule has 3 rings (SSSR count). The Kier molecular flexibility index (Phi) is 5.39. The second kappa shape index (κ2) is 7.68. The number of thioether (sulfide) groups is 1. The van der Waals surface area contributed by atoms with Crippen molar-refractivity contribution in [3.63, 3.8) is 0 Å². The summed E-state index contributed by atoms with van der Waals surface area (Å²) in [5.41, 5.74) is 2.28. The number of benzene rings is 1. The van der Waals surface area contributed by atoms with Crippen molar-refractivity contribution in [2.45, 2.75) is 43.2 Å². The smallest absolute Gasteiger partial charge is 0.234 e. The number of nitrogens with zero attached hydrogens (tertiary/aromatic N) is 2. The van der Waals surface area contributed by atoms with Crippen LogP contribution in [0.2, 0.25) is 0 Å². The minimum atomic E-state index is 0.00316. The maximum Gasteiger partial charge on any atom is 0.234 e. The molecule has 2 aromatic rings. The van der Waals surface area contributed by atoms with Crippen molar-refractivity contribution in [1.82, 2.24) is 9.55 Å². The molecule has 0 bridgehead atoms. The van der Waals surface area contributed by atoms with Gasteiger partial charge in [0.05, 0.1) is 5.75 Å². The third-order valence-electron chi connectivity index (χ3n) is 4.38. The van der Waals surface area contributed by atoms with E-state index in [-0.39, 0.29) is 5.91 Å². The molecule has 0 radical (unpaired) electrons. The molecule has 1 fully saturated rings. The molecule has 23 heavy (non-hydrogen) atoms. The normalized spacial score (nSPS) is 15.5. The Balaban J connectivity index is 1.51. The molecule has 1 heterocycles. The maximum absolute atomic E-state index is 12.0.